The van der Waals surface area contributed by atoms with Crippen LogP contribution in [0, 0.1) is 6.92 Å². The Bertz CT molecular complexity index is 592. The van der Waals surface area contributed by atoms with Crippen molar-refractivity contribution < 1.29 is 13.2 Å². The lowest BCUT2D eigenvalue weighted by molar-refractivity contribution is -0.130. The standard InChI is InChI=1S/C14H22N2O3S/c1-5-16(6-2)14(17)11(4)20(18,19)13-9-10(3)7-8-12(13)15/h7-9,11H,5-6,15H2,1-4H3. The van der Waals surface area contributed by atoms with Crippen LogP contribution in [0.15, 0.2) is 23.1 Å². The molecule has 0 aliphatic carbocycles. The van der Waals surface area contributed by atoms with Crippen molar-refractivity contribution in [1.82, 2.24) is 4.90 Å². The Labute approximate surface area is 120 Å². The molecule has 0 spiro atoms. The minimum Gasteiger partial charge on any atom is -0.398 e. The van der Waals surface area contributed by atoms with Crippen LogP contribution in [-0.4, -0.2) is 37.6 Å². The van der Waals surface area contributed by atoms with E-state index in [9.17, 15) is 13.2 Å². The summed E-state index contributed by atoms with van der Waals surface area (Å²) in [6.45, 7) is 7.81. The summed E-state index contributed by atoms with van der Waals surface area (Å²) in [6.07, 6.45) is 0. The predicted octanol–water partition coefficient (Wildman–Crippen LogP) is 1.61. The molecule has 0 bridgehead atoms. The number of carbonyl (C=O) groups is 1. The highest BCUT2D eigenvalue weighted by Crippen LogP contribution is 2.24. The van der Waals surface area contributed by atoms with Gasteiger partial charge >= 0.3 is 0 Å². The van der Waals surface area contributed by atoms with E-state index >= 15 is 0 Å². The second kappa shape index (κ2) is 6.26. The first-order valence-electron chi connectivity index (χ1n) is 6.64. The van der Waals surface area contributed by atoms with Crippen LogP contribution < -0.4 is 5.73 Å². The van der Waals surface area contributed by atoms with Crippen molar-refractivity contribution in [3.05, 3.63) is 23.8 Å². The molecule has 5 nitrogen and oxygen atoms in total. The van der Waals surface area contributed by atoms with E-state index in [1.165, 1.54) is 17.9 Å². The molecule has 112 valence electrons. The smallest absolute Gasteiger partial charge is 0.240 e. The Morgan fingerprint density at radius 1 is 1.30 bits per heavy atom. The van der Waals surface area contributed by atoms with Crippen molar-refractivity contribution >= 4 is 21.4 Å². The molecule has 6 heteroatoms. The maximum absolute atomic E-state index is 12.6. The van der Waals surface area contributed by atoms with Crippen LogP contribution in [0.3, 0.4) is 0 Å². The molecule has 0 radical (unpaired) electrons. The van der Waals surface area contributed by atoms with Crippen molar-refractivity contribution in [2.45, 2.75) is 37.8 Å². The largest absolute Gasteiger partial charge is 0.398 e. The van der Waals surface area contributed by atoms with Crippen molar-refractivity contribution in [2.75, 3.05) is 18.8 Å². The molecule has 20 heavy (non-hydrogen) atoms. The lowest BCUT2D eigenvalue weighted by Gasteiger charge is -2.23. The van der Waals surface area contributed by atoms with Gasteiger partial charge in [-0.25, -0.2) is 8.42 Å². The van der Waals surface area contributed by atoms with E-state index in [1.807, 2.05) is 13.8 Å². The van der Waals surface area contributed by atoms with Crippen molar-refractivity contribution in [3.63, 3.8) is 0 Å². The number of nitrogen functional groups attached to an aromatic ring is 1. The first kappa shape index (κ1) is 16.5. The van der Waals surface area contributed by atoms with Crippen LogP contribution in [0.4, 0.5) is 5.69 Å². The van der Waals surface area contributed by atoms with Gasteiger partial charge in [0, 0.05) is 13.1 Å². The molecule has 1 aromatic carbocycles. The summed E-state index contributed by atoms with van der Waals surface area (Å²) in [4.78, 5) is 13.8. The summed E-state index contributed by atoms with van der Waals surface area (Å²) in [5.74, 6) is -0.393. The van der Waals surface area contributed by atoms with Gasteiger partial charge in [0.15, 0.2) is 9.84 Å². The van der Waals surface area contributed by atoms with E-state index in [0.717, 1.165) is 5.56 Å². The van der Waals surface area contributed by atoms with E-state index in [1.54, 1.807) is 19.1 Å². The topological polar surface area (TPSA) is 80.5 Å². The second-order valence-corrected chi connectivity index (χ2v) is 6.98. The summed E-state index contributed by atoms with van der Waals surface area (Å²) in [7, 11) is -3.77. The van der Waals surface area contributed by atoms with E-state index in [4.69, 9.17) is 5.73 Å². The monoisotopic (exact) mass is 298 g/mol. The first-order valence-corrected chi connectivity index (χ1v) is 8.19. The van der Waals surface area contributed by atoms with Crippen molar-refractivity contribution in [3.8, 4) is 0 Å². The quantitative estimate of drug-likeness (QED) is 0.837. The summed E-state index contributed by atoms with van der Waals surface area (Å²) in [5, 5.41) is -1.13. The minimum atomic E-state index is -3.77. The number of nitrogens with zero attached hydrogens (tertiary/aromatic N) is 1. The van der Waals surface area contributed by atoms with E-state index in [0.29, 0.717) is 13.1 Å². The zero-order valence-corrected chi connectivity index (χ0v) is 13.2. The highest BCUT2D eigenvalue weighted by Gasteiger charge is 2.33. The molecule has 0 saturated carbocycles. The average molecular weight is 298 g/mol. The fourth-order valence-corrected chi connectivity index (χ4v) is 3.55. The molecule has 2 N–H and O–H groups in total. The molecular formula is C14H22N2O3S. The Morgan fingerprint density at radius 2 is 1.85 bits per heavy atom. The maximum Gasteiger partial charge on any atom is 0.240 e. The van der Waals surface area contributed by atoms with Gasteiger partial charge < -0.3 is 10.6 Å². The number of hydrogen-bond donors (Lipinski definition) is 1. The number of aryl methyl sites for hydroxylation is 1. The molecule has 1 rings (SSSR count). The van der Waals surface area contributed by atoms with Crippen LogP contribution in [0.5, 0.6) is 0 Å². The van der Waals surface area contributed by atoms with Gasteiger partial charge in [0.2, 0.25) is 5.91 Å². The number of carbonyl (C=O) groups excluding carboxylic acids is 1. The molecule has 1 unspecified atom stereocenters. The SMILES string of the molecule is CCN(CC)C(=O)C(C)S(=O)(=O)c1cc(C)ccc1N. The molecule has 1 amide bonds. The third kappa shape index (κ3) is 3.12. The Hall–Kier alpha value is -1.56. The summed E-state index contributed by atoms with van der Waals surface area (Å²) in [6, 6.07) is 4.80. The molecule has 0 heterocycles. The molecular weight excluding hydrogens is 276 g/mol. The third-order valence-corrected chi connectivity index (χ3v) is 5.46. The number of hydrogen-bond acceptors (Lipinski definition) is 4. The molecule has 0 aliphatic rings. The van der Waals surface area contributed by atoms with Gasteiger partial charge in [-0.05, 0) is 45.4 Å². The van der Waals surface area contributed by atoms with Gasteiger partial charge in [-0.1, -0.05) is 6.07 Å². The van der Waals surface area contributed by atoms with E-state index in [2.05, 4.69) is 0 Å². The zero-order chi connectivity index (χ0) is 15.5. The Kier molecular flexibility index (Phi) is 5.16. The molecule has 0 aliphatic heterocycles. The third-order valence-electron chi connectivity index (χ3n) is 3.36. The lowest BCUT2D eigenvalue weighted by atomic mass is 10.2. The average Bonchev–Trinajstić information content (AvgIpc) is 2.41. The molecule has 0 aromatic heterocycles. The summed E-state index contributed by atoms with van der Waals surface area (Å²) < 4.78 is 25.1. The highest BCUT2D eigenvalue weighted by atomic mass is 32.2. The fourth-order valence-electron chi connectivity index (χ4n) is 2.00. The van der Waals surface area contributed by atoms with Gasteiger partial charge in [0.25, 0.3) is 0 Å². The molecule has 1 aromatic rings. The van der Waals surface area contributed by atoms with Gasteiger partial charge in [0.05, 0.1) is 10.6 Å². The maximum atomic E-state index is 12.6. The molecule has 0 fully saturated rings. The van der Waals surface area contributed by atoms with E-state index < -0.39 is 21.0 Å². The minimum absolute atomic E-state index is 0.0329. The van der Waals surface area contributed by atoms with Gasteiger partial charge in [-0.3, -0.25) is 4.79 Å². The van der Waals surface area contributed by atoms with Gasteiger partial charge in [-0.2, -0.15) is 0 Å². The van der Waals surface area contributed by atoms with Crippen LogP contribution in [-0.2, 0) is 14.6 Å². The summed E-state index contributed by atoms with van der Waals surface area (Å²) >= 11 is 0. The van der Waals surface area contributed by atoms with Crippen LogP contribution in [0.25, 0.3) is 0 Å². The van der Waals surface area contributed by atoms with Crippen LogP contribution >= 0.6 is 0 Å². The number of amides is 1. The van der Waals surface area contributed by atoms with E-state index in [-0.39, 0.29) is 10.6 Å². The van der Waals surface area contributed by atoms with Gasteiger partial charge in [0.1, 0.15) is 5.25 Å². The normalized spacial score (nSPS) is 13.0. The molecule has 0 saturated heterocycles. The Morgan fingerprint density at radius 3 is 2.35 bits per heavy atom. The lowest BCUT2D eigenvalue weighted by Crippen LogP contribution is -2.41. The number of benzene rings is 1. The predicted molar refractivity (Wildman–Crippen MR) is 80.2 cm³/mol. The van der Waals surface area contributed by atoms with Crippen LogP contribution in [0.1, 0.15) is 26.3 Å². The molecule has 1 atom stereocenters. The number of anilines is 1. The van der Waals surface area contributed by atoms with Crippen LogP contribution in [0.2, 0.25) is 0 Å². The Balaban J connectivity index is 3.22. The number of sulfone groups is 1. The van der Waals surface area contributed by atoms with Crippen molar-refractivity contribution in [2.24, 2.45) is 0 Å². The highest BCUT2D eigenvalue weighted by molar-refractivity contribution is 7.93. The van der Waals surface area contributed by atoms with Gasteiger partial charge in [-0.15, -0.1) is 0 Å². The number of rotatable bonds is 5. The zero-order valence-electron chi connectivity index (χ0n) is 12.4. The summed E-state index contributed by atoms with van der Waals surface area (Å²) in [5.41, 5.74) is 6.72. The number of nitrogens with two attached hydrogens (primary N) is 1. The first-order chi connectivity index (χ1) is 9.25. The fraction of sp³-hybridized carbons (Fsp3) is 0.500. The van der Waals surface area contributed by atoms with Crippen molar-refractivity contribution in [1.29, 1.82) is 0 Å². The second-order valence-electron chi connectivity index (χ2n) is 4.74.